The van der Waals surface area contributed by atoms with Crippen molar-refractivity contribution in [3.63, 3.8) is 0 Å². The molecular weight excluding hydrogens is 162 g/mol. The highest BCUT2D eigenvalue weighted by molar-refractivity contribution is 5.81. The van der Waals surface area contributed by atoms with Gasteiger partial charge in [-0.25, -0.2) is 4.79 Å². The standard InChI is InChI=1S/C6H9N3O3/c1-3(7)2-4-8-9-5(12-4)6(10)11/h3H,2,7H2,1H3,(H,10,11). The van der Waals surface area contributed by atoms with Gasteiger partial charge in [0.15, 0.2) is 0 Å². The molecule has 0 aliphatic rings. The van der Waals surface area contributed by atoms with E-state index >= 15 is 0 Å². The van der Waals surface area contributed by atoms with E-state index in [0.29, 0.717) is 6.42 Å². The highest BCUT2D eigenvalue weighted by atomic mass is 16.4. The second-order valence-electron chi connectivity index (χ2n) is 2.49. The van der Waals surface area contributed by atoms with Crippen molar-refractivity contribution in [2.45, 2.75) is 19.4 Å². The fourth-order valence-electron chi connectivity index (χ4n) is 0.698. The van der Waals surface area contributed by atoms with E-state index in [0.717, 1.165) is 0 Å². The lowest BCUT2D eigenvalue weighted by Crippen LogP contribution is -2.17. The Kier molecular flexibility index (Phi) is 2.39. The Morgan fingerprint density at radius 3 is 2.83 bits per heavy atom. The van der Waals surface area contributed by atoms with Crippen LogP contribution in [0.1, 0.15) is 23.5 Å². The van der Waals surface area contributed by atoms with E-state index < -0.39 is 11.9 Å². The number of hydrogen-bond acceptors (Lipinski definition) is 5. The third-order valence-electron chi connectivity index (χ3n) is 1.15. The summed E-state index contributed by atoms with van der Waals surface area (Å²) in [4.78, 5) is 10.3. The van der Waals surface area contributed by atoms with Gasteiger partial charge in [0.2, 0.25) is 5.89 Å². The fraction of sp³-hybridized carbons (Fsp3) is 0.500. The number of rotatable bonds is 3. The Morgan fingerprint density at radius 2 is 2.42 bits per heavy atom. The average molecular weight is 171 g/mol. The molecule has 1 heterocycles. The van der Waals surface area contributed by atoms with Gasteiger partial charge in [-0.3, -0.25) is 0 Å². The average Bonchev–Trinajstić information content (AvgIpc) is 2.34. The lowest BCUT2D eigenvalue weighted by molar-refractivity contribution is 0.0651. The second kappa shape index (κ2) is 3.31. The van der Waals surface area contributed by atoms with Crippen molar-refractivity contribution in [3.8, 4) is 0 Å². The Labute approximate surface area is 68.4 Å². The number of carboxylic acids is 1. The summed E-state index contributed by atoms with van der Waals surface area (Å²) < 4.78 is 4.75. The molecule has 0 spiro atoms. The number of aromatic nitrogens is 2. The van der Waals surface area contributed by atoms with Gasteiger partial charge in [0.25, 0.3) is 0 Å². The number of hydrogen-bond donors (Lipinski definition) is 2. The van der Waals surface area contributed by atoms with Gasteiger partial charge in [-0.15, -0.1) is 10.2 Å². The highest BCUT2D eigenvalue weighted by Gasteiger charge is 2.13. The minimum atomic E-state index is -1.22. The summed E-state index contributed by atoms with van der Waals surface area (Å²) in [5, 5.41) is 15.2. The molecule has 1 aromatic rings. The van der Waals surface area contributed by atoms with E-state index in [1.807, 2.05) is 0 Å². The first kappa shape index (κ1) is 8.66. The number of carbonyl (C=O) groups is 1. The van der Waals surface area contributed by atoms with E-state index in [1.54, 1.807) is 6.92 Å². The van der Waals surface area contributed by atoms with Crippen LogP contribution in [0, 0.1) is 0 Å². The normalized spacial score (nSPS) is 12.8. The molecule has 1 atom stereocenters. The molecule has 0 saturated carbocycles. The Hall–Kier alpha value is -1.43. The topological polar surface area (TPSA) is 102 Å². The highest BCUT2D eigenvalue weighted by Crippen LogP contribution is 2.01. The summed E-state index contributed by atoms with van der Waals surface area (Å²) in [7, 11) is 0. The third-order valence-corrected chi connectivity index (χ3v) is 1.15. The minimum Gasteiger partial charge on any atom is -0.474 e. The Morgan fingerprint density at radius 1 is 1.75 bits per heavy atom. The van der Waals surface area contributed by atoms with Crippen LogP contribution in [-0.4, -0.2) is 27.3 Å². The van der Waals surface area contributed by atoms with Crippen molar-refractivity contribution in [1.82, 2.24) is 10.2 Å². The molecular formula is C6H9N3O3. The molecule has 0 radical (unpaired) electrons. The van der Waals surface area contributed by atoms with Gasteiger partial charge in [0, 0.05) is 12.5 Å². The molecule has 66 valence electrons. The van der Waals surface area contributed by atoms with Gasteiger partial charge in [-0.2, -0.15) is 0 Å². The maximum absolute atomic E-state index is 10.3. The van der Waals surface area contributed by atoms with Crippen molar-refractivity contribution in [2.24, 2.45) is 5.73 Å². The van der Waals surface area contributed by atoms with Gasteiger partial charge in [-0.05, 0) is 6.92 Å². The van der Waals surface area contributed by atoms with Crippen LogP contribution in [0.5, 0.6) is 0 Å². The van der Waals surface area contributed by atoms with Gasteiger partial charge in [0.1, 0.15) is 0 Å². The van der Waals surface area contributed by atoms with Crippen molar-refractivity contribution < 1.29 is 14.3 Å². The van der Waals surface area contributed by atoms with E-state index in [-0.39, 0.29) is 11.9 Å². The molecule has 1 rings (SSSR count). The quantitative estimate of drug-likeness (QED) is 0.644. The van der Waals surface area contributed by atoms with E-state index in [4.69, 9.17) is 15.3 Å². The maximum atomic E-state index is 10.3. The predicted molar refractivity (Wildman–Crippen MR) is 38.6 cm³/mol. The summed E-state index contributed by atoms with van der Waals surface area (Å²) in [5.74, 6) is -1.37. The second-order valence-corrected chi connectivity index (χ2v) is 2.49. The molecule has 6 heteroatoms. The first-order chi connectivity index (χ1) is 5.59. The molecule has 0 bridgehead atoms. The van der Waals surface area contributed by atoms with Crippen LogP contribution < -0.4 is 5.73 Å². The van der Waals surface area contributed by atoms with Gasteiger partial charge >= 0.3 is 11.9 Å². The van der Waals surface area contributed by atoms with Crippen molar-refractivity contribution in [2.75, 3.05) is 0 Å². The number of nitrogens with two attached hydrogens (primary N) is 1. The molecule has 0 aliphatic carbocycles. The first-order valence-electron chi connectivity index (χ1n) is 3.41. The van der Waals surface area contributed by atoms with E-state index in [9.17, 15) is 4.79 Å². The number of nitrogens with zero attached hydrogens (tertiary/aromatic N) is 2. The van der Waals surface area contributed by atoms with Crippen LogP contribution in [0.2, 0.25) is 0 Å². The van der Waals surface area contributed by atoms with Crippen molar-refractivity contribution in [3.05, 3.63) is 11.8 Å². The number of carboxylic acid groups (broad SMARTS) is 1. The van der Waals surface area contributed by atoms with Crippen LogP contribution in [0.4, 0.5) is 0 Å². The molecule has 0 amide bonds. The van der Waals surface area contributed by atoms with E-state index in [2.05, 4.69) is 10.2 Å². The monoisotopic (exact) mass is 171 g/mol. The lowest BCUT2D eigenvalue weighted by Gasteiger charge is -1.96. The molecule has 3 N–H and O–H groups in total. The van der Waals surface area contributed by atoms with Crippen LogP contribution in [0.15, 0.2) is 4.42 Å². The minimum absolute atomic E-state index is 0.118. The van der Waals surface area contributed by atoms with Crippen molar-refractivity contribution >= 4 is 5.97 Å². The van der Waals surface area contributed by atoms with Crippen LogP contribution in [0.3, 0.4) is 0 Å². The zero-order valence-corrected chi connectivity index (χ0v) is 6.52. The van der Waals surface area contributed by atoms with Crippen molar-refractivity contribution in [1.29, 1.82) is 0 Å². The zero-order chi connectivity index (χ0) is 9.14. The fourth-order valence-corrected chi connectivity index (χ4v) is 0.698. The molecule has 6 nitrogen and oxygen atoms in total. The summed E-state index contributed by atoms with van der Waals surface area (Å²) in [6.45, 7) is 1.77. The molecule has 0 fully saturated rings. The summed E-state index contributed by atoms with van der Waals surface area (Å²) in [5.41, 5.74) is 5.43. The summed E-state index contributed by atoms with van der Waals surface area (Å²) >= 11 is 0. The Bertz CT molecular complexity index is 281. The smallest absolute Gasteiger partial charge is 0.393 e. The molecule has 1 aromatic heterocycles. The third kappa shape index (κ3) is 2.03. The molecule has 1 unspecified atom stereocenters. The largest absolute Gasteiger partial charge is 0.474 e. The van der Waals surface area contributed by atoms with Crippen LogP contribution >= 0.6 is 0 Å². The summed E-state index contributed by atoms with van der Waals surface area (Å²) in [6, 6.07) is -0.118. The SMILES string of the molecule is CC(N)Cc1nnc(C(=O)O)o1. The lowest BCUT2D eigenvalue weighted by atomic mass is 10.2. The summed E-state index contributed by atoms with van der Waals surface area (Å²) in [6.07, 6.45) is 0.389. The molecule has 0 aliphatic heterocycles. The molecule has 12 heavy (non-hydrogen) atoms. The first-order valence-corrected chi connectivity index (χ1v) is 3.41. The maximum Gasteiger partial charge on any atom is 0.393 e. The zero-order valence-electron chi connectivity index (χ0n) is 6.52. The van der Waals surface area contributed by atoms with Gasteiger partial charge < -0.3 is 15.3 Å². The van der Waals surface area contributed by atoms with Crippen LogP contribution in [0.25, 0.3) is 0 Å². The Balaban J connectivity index is 2.71. The van der Waals surface area contributed by atoms with Gasteiger partial charge in [-0.1, -0.05) is 0 Å². The molecule has 0 aromatic carbocycles. The number of aromatic carboxylic acids is 1. The predicted octanol–water partition coefficient (Wildman–Crippen LogP) is -0.343. The van der Waals surface area contributed by atoms with Crippen LogP contribution in [-0.2, 0) is 6.42 Å². The van der Waals surface area contributed by atoms with Gasteiger partial charge in [0.05, 0.1) is 0 Å². The molecule has 0 saturated heterocycles. The van der Waals surface area contributed by atoms with E-state index in [1.165, 1.54) is 0 Å².